The largest absolute Gasteiger partial charge is 0.337 e. The topological polar surface area (TPSA) is 35.5 Å². The summed E-state index contributed by atoms with van der Waals surface area (Å²) in [5.74, 6) is 0.691. The third kappa shape index (κ3) is 1.08. The van der Waals surface area contributed by atoms with Crippen LogP contribution in [0.5, 0.6) is 5.75 Å². The maximum atomic E-state index is 10.9. The number of hydrogen-bond donors (Lipinski definition) is 0. The third-order valence-corrected chi connectivity index (χ3v) is 1.84. The number of carbonyl (C=O) groups is 1. The molecule has 0 aromatic heterocycles. The monoisotopic (exact) mass is 164 g/mol. The Morgan fingerprint density at radius 2 is 2.33 bits per heavy atom. The number of fused-ring (bicyclic) bond motifs is 1. The van der Waals surface area contributed by atoms with Gasteiger partial charge < -0.3 is 4.89 Å². The number of ketones is 1. The molecule has 0 unspecified atom stereocenters. The number of carbonyl (C=O) groups excluding carboxylic acids is 1. The van der Waals surface area contributed by atoms with Crippen molar-refractivity contribution in [3.63, 3.8) is 0 Å². The van der Waals surface area contributed by atoms with Crippen molar-refractivity contribution >= 4 is 5.78 Å². The van der Waals surface area contributed by atoms with Gasteiger partial charge in [0.1, 0.15) is 6.61 Å². The molecule has 0 spiro atoms. The fourth-order valence-corrected chi connectivity index (χ4v) is 1.13. The number of benzene rings is 1. The number of hydrogen-bond acceptors (Lipinski definition) is 3. The van der Waals surface area contributed by atoms with Crippen molar-refractivity contribution in [1.29, 1.82) is 0 Å². The van der Waals surface area contributed by atoms with Crippen LogP contribution in [0.1, 0.15) is 22.8 Å². The van der Waals surface area contributed by atoms with Gasteiger partial charge in [-0.2, -0.15) is 4.89 Å². The molecule has 62 valence electrons. The second-order valence-corrected chi connectivity index (χ2v) is 2.72. The molecule has 0 saturated carbocycles. The van der Waals surface area contributed by atoms with Gasteiger partial charge in [0.25, 0.3) is 0 Å². The summed E-state index contributed by atoms with van der Waals surface area (Å²) in [6.45, 7) is 1.99. The lowest BCUT2D eigenvalue weighted by Gasteiger charge is -1.97. The molecule has 0 aliphatic carbocycles. The fourth-order valence-electron chi connectivity index (χ4n) is 1.13. The van der Waals surface area contributed by atoms with Gasteiger partial charge in [-0.25, -0.2) is 0 Å². The quantitative estimate of drug-likeness (QED) is 0.468. The van der Waals surface area contributed by atoms with Crippen LogP contribution in [0.15, 0.2) is 18.2 Å². The van der Waals surface area contributed by atoms with E-state index in [1.165, 1.54) is 6.92 Å². The van der Waals surface area contributed by atoms with E-state index in [0.717, 1.165) is 5.56 Å². The highest BCUT2D eigenvalue weighted by atomic mass is 17.2. The van der Waals surface area contributed by atoms with Gasteiger partial charge in [-0.1, -0.05) is 12.1 Å². The first-order valence-electron chi connectivity index (χ1n) is 3.71. The molecule has 0 atom stereocenters. The minimum Gasteiger partial charge on any atom is -0.337 e. The molecule has 1 aromatic rings. The van der Waals surface area contributed by atoms with Crippen molar-refractivity contribution in [2.75, 3.05) is 0 Å². The van der Waals surface area contributed by atoms with Crippen molar-refractivity contribution in [2.45, 2.75) is 13.5 Å². The Bertz CT molecular complexity index is 331. The molecule has 12 heavy (non-hydrogen) atoms. The highest BCUT2D eigenvalue weighted by molar-refractivity contribution is 5.94. The molecule has 0 amide bonds. The van der Waals surface area contributed by atoms with E-state index in [9.17, 15) is 4.79 Å². The summed E-state index contributed by atoms with van der Waals surface area (Å²) in [4.78, 5) is 20.5. The SMILES string of the molecule is CC(=O)c1ccc2c(c1)OOC2. The van der Waals surface area contributed by atoms with Gasteiger partial charge in [-0.05, 0) is 13.0 Å². The maximum absolute atomic E-state index is 10.9. The van der Waals surface area contributed by atoms with E-state index >= 15 is 0 Å². The zero-order valence-corrected chi connectivity index (χ0v) is 6.66. The van der Waals surface area contributed by atoms with Crippen molar-refractivity contribution in [1.82, 2.24) is 0 Å². The van der Waals surface area contributed by atoms with E-state index in [4.69, 9.17) is 9.78 Å². The first kappa shape index (κ1) is 7.31. The Morgan fingerprint density at radius 3 is 3.08 bits per heavy atom. The predicted octanol–water partition coefficient (Wildman–Crippen LogP) is 1.71. The Kier molecular flexibility index (Phi) is 1.59. The first-order chi connectivity index (χ1) is 5.77. The smallest absolute Gasteiger partial charge is 0.171 e. The molecule has 2 rings (SSSR count). The summed E-state index contributed by atoms with van der Waals surface area (Å²) in [7, 11) is 0. The van der Waals surface area contributed by atoms with Crippen molar-refractivity contribution in [3.8, 4) is 5.75 Å². The minimum atomic E-state index is 0.0355. The van der Waals surface area contributed by atoms with E-state index < -0.39 is 0 Å². The van der Waals surface area contributed by atoms with Gasteiger partial charge >= 0.3 is 0 Å². The average molecular weight is 164 g/mol. The van der Waals surface area contributed by atoms with Crippen LogP contribution >= 0.6 is 0 Å². The summed E-state index contributed by atoms with van der Waals surface area (Å²) < 4.78 is 0. The molecular formula is C9H8O3. The third-order valence-electron chi connectivity index (χ3n) is 1.84. The van der Waals surface area contributed by atoms with Gasteiger partial charge in [-0.3, -0.25) is 4.79 Å². The van der Waals surface area contributed by atoms with Gasteiger partial charge in [0.2, 0.25) is 0 Å². The summed E-state index contributed by atoms with van der Waals surface area (Å²) in [6.07, 6.45) is 0. The van der Waals surface area contributed by atoms with E-state index in [1.807, 2.05) is 6.07 Å². The van der Waals surface area contributed by atoms with E-state index in [1.54, 1.807) is 12.1 Å². The van der Waals surface area contributed by atoms with E-state index in [2.05, 4.69) is 0 Å². The van der Waals surface area contributed by atoms with Crippen LogP contribution < -0.4 is 4.89 Å². The molecule has 0 bridgehead atoms. The molecule has 1 aliphatic heterocycles. The van der Waals surface area contributed by atoms with Crippen molar-refractivity contribution < 1.29 is 14.6 Å². The van der Waals surface area contributed by atoms with E-state index in [0.29, 0.717) is 17.9 Å². The zero-order valence-electron chi connectivity index (χ0n) is 6.66. The summed E-state index contributed by atoms with van der Waals surface area (Å²) in [5.41, 5.74) is 1.64. The van der Waals surface area contributed by atoms with Crippen molar-refractivity contribution in [2.24, 2.45) is 0 Å². The van der Waals surface area contributed by atoms with Crippen LogP contribution in [-0.4, -0.2) is 5.78 Å². The van der Waals surface area contributed by atoms with Crippen LogP contribution in [0.4, 0.5) is 0 Å². The molecule has 3 heteroatoms. The fraction of sp³-hybridized carbons (Fsp3) is 0.222. The Balaban J connectivity index is 2.45. The molecule has 0 N–H and O–H groups in total. The molecule has 1 aliphatic rings. The summed E-state index contributed by atoms with van der Waals surface area (Å²) in [6, 6.07) is 5.32. The number of rotatable bonds is 1. The molecule has 1 heterocycles. The lowest BCUT2D eigenvalue weighted by molar-refractivity contribution is -0.194. The molecular weight excluding hydrogens is 156 g/mol. The van der Waals surface area contributed by atoms with Crippen LogP contribution in [0.25, 0.3) is 0 Å². The zero-order chi connectivity index (χ0) is 8.55. The van der Waals surface area contributed by atoms with Crippen molar-refractivity contribution in [3.05, 3.63) is 29.3 Å². The van der Waals surface area contributed by atoms with Crippen LogP contribution in [-0.2, 0) is 11.5 Å². The minimum absolute atomic E-state index is 0.0355. The standard InChI is InChI=1S/C9H8O3/c1-6(10)7-2-3-8-5-11-12-9(8)4-7/h2-4H,5H2,1H3. The lowest BCUT2D eigenvalue weighted by Crippen LogP contribution is -1.91. The first-order valence-corrected chi connectivity index (χ1v) is 3.71. The second-order valence-electron chi connectivity index (χ2n) is 2.72. The molecule has 0 saturated heterocycles. The summed E-state index contributed by atoms with van der Waals surface area (Å²) in [5, 5.41) is 0. The van der Waals surface area contributed by atoms with Gasteiger partial charge in [0, 0.05) is 11.1 Å². The van der Waals surface area contributed by atoms with Gasteiger partial charge in [0.15, 0.2) is 11.5 Å². The van der Waals surface area contributed by atoms with Crippen LogP contribution in [0, 0.1) is 0 Å². The van der Waals surface area contributed by atoms with Gasteiger partial charge in [-0.15, -0.1) is 0 Å². The Morgan fingerprint density at radius 1 is 1.50 bits per heavy atom. The normalized spacial score (nSPS) is 13.8. The molecule has 1 aromatic carbocycles. The second kappa shape index (κ2) is 2.60. The van der Waals surface area contributed by atoms with Crippen LogP contribution in [0.3, 0.4) is 0 Å². The Hall–Kier alpha value is -1.35. The molecule has 3 nitrogen and oxygen atoms in total. The lowest BCUT2D eigenvalue weighted by atomic mass is 10.1. The summed E-state index contributed by atoms with van der Waals surface area (Å²) >= 11 is 0. The average Bonchev–Trinajstić information content (AvgIpc) is 2.49. The van der Waals surface area contributed by atoms with Gasteiger partial charge in [0.05, 0.1) is 0 Å². The molecule has 0 radical (unpaired) electrons. The highest BCUT2D eigenvalue weighted by Crippen LogP contribution is 2.26. The highest BCUT2D eigenvalue weighted by Gasteiger charge is 2.14. The van der Waals surface area contributed by atoms with E-state index in [-0.39, 0.29) is 5.78 Å². The maximum Gasteiger partial charge on any atom is 0.171 e. The predicted molar refractivity (Wildman–Crippen MR) is 41.9 cm³/mol. The molecule has 0 fully saturated rings. The Labute approximate surface area is 69.8 Å². The number of Topliss-reactive ketones (excluding diaryl/α,β-unsaturated/α-hetero) is 1. The van der Waals surface area contributed by atoms with Crippen LogP contribution in [0.2, 0.25) is 0 Å².